The molecule has 4 heteroatoms. The first kappa shape index (κ1) is 8.19. The molecule has 0 N–H and O–H groups in total. The third-order valence-corrected chi connectivity index (χ3v) is 1.92. The average molecular weight is 179 g/mol. The van der Waals surface area contributed by atoms with Crippen LogP contribution < -0.4 is 0 Å². The van der Waals surface area contributed by atoms with E-state index in [0.29, 0.717) is 12.1 Å². The predicted molar refractivity (Wildman–Crippen MR) is 45.2 cm³/mol. The molecule has 0 fully saturated rings. The summed E-state index contributed by atoms with van der Waals surface area (Å²) in [7, 11) is 0. The fraction of sp³-hybridized carbons (Fsp3) is 0.222. The van der Waals surface area contributed by atoms with Crippen LogP contribution >= 0.6 is 0 Å². The van der Waals surface area contributed by atoms with Crippen LogP contribution in [0.3, 0.4) is 0 Å². The van der Waals surface area contributed by atoms with E-state index < -0.39 is 0 Å². The Bertz CT molecular complexity index is 424. The molecule has 13 heavy (non-hydrogen) atoms. The summed E-state index contributed by atoms with van der Waals surface area (Å²) in [4.78, 5) is 4.04. The second-order valence-corrected chi connectivity index (χ2v) is 2.78. The molecule has 0 unspecified atom stereocenters. The highest BCUT2D eigenvalue weighted by molar-refractivity contribution is 5.75. The topological polar surface area (TPSA) is 37.7 Å². The molecule has 2 aromatic rings. The summed E-state index contributed by atoms with van der Waals surface area (Å²) in [6.07, 6.45) is 1.56. The van der Waals surface area contributed by atoms with E-state index in [1.165, 1.54) is 12.1 Å². The lowest BCUT2D eigenvalue weighted by molar-refractivity contribution is 0.182. The standard InChI is InChI=1S/C9H8FN2O/c10-7-1-2-8-9(5-7)12(3-4-13)6-11-8/h1-2,5-6H,3-4H2. The van der Waals surface area contributed by atoms with Gasteiger partial charge in [0, 0.05) is 0 Å². The predicted octanol–water partition coefficient (Wildman–Crippen LogP) is 1.61. The van der Waals surface area contributed by atoms with Crippen LogP contribution in [0, 0.1) is 5.82 Å². The maximum absolute atomic E-state index is 12.8. The van der Waals surface area contributed by atoms with Crippen molar-refractivity contribution in [1.29, 1.82) is 0 Å². The number of benzene rings is 1. The molecule has 1 heterocycles. The smallest absolute Gasteiger partial charge is 0.125 e. The van der Waals surface area contributed by atoms with Gasteiger partial charge in [-0.25, -0.2) is 14.5 Å². The molecule has 3 nitrogen and oxygen atoms in total. The van der Waals surface area contributed by atoms with E-state index in [1.807, 2.05) is 0 Å². The van der Waals surface area contributed by atoms with E-state index in [9.17, 15) is 9.50 Å². The van der Waals surface area contributed by atoms with Crippen LogP contribution in [0.2, 0.25) is 0 Å². The molecule has 0 spiro atoms. The molecule has 0 aliphatic carbocycles. The number of aromatic nitrogens is 2. The fourth-order valence-electron chi connectivity index (χ4n) is 1.31. The molecule has 1 aromatic carbocycles. The van der Waals surface area contributed by atoms with E-state index in [-0.39, 0.29) is 12.4 Å². The monoisotopic (exact) mass is 179 g/mol. The van der Waals surface area contributed by atoms with Crippen molar-refractivity contribution in [2.75, 3.05) is 6.61 Å². The highest BCUT2D eigenvalue weighted by Crippen LogP contribution is 2.13. The van der Waals surface area contributed by atoms with Gasteiger partial charge < -0.3 is 4.57 Å². The van der Waals surface area contributed by atoms with Gasteiger partial charge in [0.1, 0.15) is 12.4 Å². The van der Waals surface area contributed by atoms with Gasteiger partial charge in [0.2, 0.25) is 0 Å². The summed E-state index contributed by atoms with van der Waals surface area (Å²) in [6, 6.07) is 4.35. The SMILES string of the molecule is [O]CCn1cnc2ccc(F)cc21. The summed E-state index contributed by atoms with van der Waals surface area (Å²) < 4.78 is 14.5. The summed E-state index contributed by atoms with van der Waals surface area (Å²) in [6.45, 7) is 0.113. The van der Waals surface area contributed by atoms with Gasteiger partial charge in [0.05, 0.1) is 23.9 Å². The second-order valence-electron chi connectivity index (χ2n) is 2.78. The Hall–Kier alpha value is -1.42. The zero-order valence-electron chi connectivity index (χ0n) is 6.90. The van der Waals surface area contributed by atoms with E-state index in [1.54, 1.807) is 17.0 Å². The summed E-state index contributed by atoms with van der Waals surface area (Å²) in [5, 5.41) is 10.4. The number of rotatable bonds is 2. The Morgan fingerprint density at radius 1 is 1.46 bits per heavy atom. The molecule has 0 saturated heterocycles. The van der Waals surface area contributed by atoms with Crippen molar-refractivity contribution in [1.82, 2.24) is 9.55 Å². The van der Waals surface area contributed by atoms with Gasteiger partial charge in [-0.3, -0.25) is 0 Å². The highest BCUT2D eigenvalue weighted by Gasteiger charge is 2.02. The van der Waals surface area contributed by atoms with Gasteiger partial charge in [-0.1, -0.05) is 0 Å². The van der Waals surface area contributed by atoms with Crippen molar-refractivity contribution in [3.05, 3.63) is 30.3 Å². The largest absolute Gasteiger partial charge is 0.328 e. The number of fused-ring (bicyclic) bond motifs is 1. The zero-order valence-corrected chi connectivity index (χ0v) is 6.90. The van der Waals surface area contributed by atoms with Crippen molar-refractivity contribution in [3.8, 4) is 0 Å². The van der Waals surface area contributed by atoms with Gasteiger partial charge in [0.15, 0.2) is 0 Å². The first-order valence-electron chi connectivity index (χ1n) is 4.00. The van der Waals surface area contributed by atoms with Gasteiger partial charge in [-0.15, -0.1) is 0 Å². The van der Waals surface area contributed by atoms with Crippen LogP contribution in [0.1, 0.15) is 0 Å². The number of imidazole rings is 1. The van der Waals surface area contributed by atoms with E-state index >= 15 is 0 Å². The minimum atomic E-state index is -0.305. The maximum atomic E-state index is 12.8. The van der Waals surface area contributed by atoms with Crippen LogP contribution in [-0.2, 0) is 11.7 Å². The molecule has 0 atom stereocenters. The van der Waals surface area contributed by atoms with Crippen LogP contribution in [-0.4, -0.2) is 16.2 Å². The van der Waals surface area contributed by atoms with Crippen molar-refractivity contribution in [2.45, 2.75) is 6.54 Å². The van der Waals surface area contributed by atoms with Crippen molar-refractivity contribution in [2.24, 2.45) is 0 Å². The minimum absolute atomic E-state index is 0.220. The van der Waals surface area contributed by atoms with Gasteiger partial charge in [-0.05, 0) is 18.2 Å². The van der Waals surface area contributed by atoms with Gasteiger partial charge >= 0.3 is 0 Å². The Morgan fingerprint density at radius 3 is 3.08 bits per heavy atom. The summed E-state index contributed by atoms with van der Waals surface area (Å²) in [5.74, 6) is -0.305. The number of hydrogen-bond donors (Lipinski definition) is 0. The molecular formula is C9H8FN2O. The molecule has 0 aliphatic rings. The molecule has 1 radical (unpaired) electrons. The van der Waals surface area contributed by atoms with Crippen molar-refractivity contribution >= 4 is 11.0 Å². The second kappa shape index (κ2) is 3.14. The molecule has 0 bridgehead atoms. The lowest BCUT2D eigenvalue weighted by atomic mass is 10.3. The molecule has 0 aliphatic heterocycles. The number of nitrogens with zero attached hydrogens (tertiary/aromatic N) is 2. The normalized spacial score (nSPS) is 10.9. The Balaban J connectivity index is 2.58. The van der Waals surface area contributed by atoms with E-state index in [0.717, 1.165) is 5.52 Å². The van der Waals surface area contributed by atoms with E-state index in [2.05, 4.69) is 4.98 Å². The Kier molecular flexibility index (Phi) is 1.98. The maximum Gasteiger partial charge on any atom is 0.125 e. The van der Waals surface area contributed by atoms with Gasteiger partial charge in [-0.2, -0.15) is 0 Å². The zero-order chi connectivity index (χ0) is 9.26. The molecule has 0 saturated carbocycles. The Morgan fingerprint density at radius 2 is 2.31 bits per heavy atom. The van der Waals surface area contributed by atoms with Crippen molar-refractivity contribution < 1.29 is 9.50 Å². The Labute approximate surface area is 74.4 Å². The molecule has 0 amide bonds. The van der Waals surface area contributed by atoms with E-state index in [4.69, 9.17) is 0 Å². The quantitative estimate of drug-likeness (QED) is 0.690. The van der Waals surface area contributed by atoms with Crippen LogP contribution in [0.25, 0.3) is 11.0 Å². The first-order valence-corrected chi connectivity index (χ1v) is 4.00. The van der Waals surface area contributed by atoms with Crippen LogP contribution in [0.4, 0.5) is 4.39 Å². The first-order chi connectivity index (χ1) is 6.31. The average Bonchev–Trinajstić information content (AvgIpc) is 2.49. The summed E-state index contributed by atoms with van der Waals surface area (Å²) in [5.41, 5.74) is 1.39. The summed E-state index contributed by atoms with van der Waals surface area (Å²) >= 11 is 0. The number of hydrogen-bond acceptors (Lipinski definition) is 1. The molecular weight excluding hydrogens is 171 g/mol. The number of halogens is 1. The lowest BCUT2D eigenvalue weighted by Crippen LogP contribution is -1.98. The fourth-order valence-corrected chi connectivity index (χ4v) is 1.31. The molecule has 1 aromatic heterocycles. The van der Waals surface area contributed by atoms with Crippen LogP contribution in [0.5, 0.6) is 0 Å². The molecule has 2 rings (SSSR count). The van der Waals surface area contributed by atoms with Gasteiger partial charge in [0.25, 0.3) is 0 Å². The highest BCUT2D eigenvalue weighted by atomic mass is 19.1. The van der Waals surface area contributed by atoms with Crippen molar-refractivity contribution in [3.63, 3.8) is 0 Å². The van der Waals surface area contributed by atoms with Crippen LogP contribution in [0.15, 0.2) is 24.5 Å². The third-order valence-electron chi connectivity index (χ3n) is 1.92. The molecule has 67 valence electrons. The minimum Gasteiger partial charge on any atom is -0.328 e. The third kappa shape index (κ3) is 1.40. The lowest BCUT2D eigenvalue weighted by Gasteiger charge is -1.98.